The van der Waals surface area contributed by atoms with Gasteiger partial charge in [0.15, 0.2) is 0 Å². The molecule has 0 aromatic heterocycles. The van der Waals surface area contributed by atoms with Crippen LogP contribution in [0.25, 0.3) is 0 Å². The lowest BCUT2D eigenvalue weighted by atomic mass is 10.2. The van der Waals surface area contributed by atoms with Gasteiger partial charge in [-0.1, -0.05) is 11.6 Å². The molecule has 2 nitrogen and oxygen atoms in total. The molecule has 0 radical (unpaired) electrons. The molecule has 1 fully saturated rings. The Morgan fingerprint density at radius 2 is 2.06 bits per heavy atom. The minimum absolute atomic E-state index is 0.0278. The Labute approximate surface area is 102 Å². The van der Waals surface area contributed by atoms with Crippen molar-refractivity contribution in [1.82, 2.24) is 0 Å². The van der Waals surface area contributed by atoms with Crippen LogP contribution in [-0.2, 0) is 6.18 Å². The zero-order chi connectivity index (χ0) is 12.6. The van der Waals surface area contributed by atoms with E-state index in [1.54, 1.807) is 6.07 Å². The van der Waals surface area contributed by atoms with Gasteiger partial charge in [0.2, 0.25) is 0 Å². The van der Waals surface area contributed by atoms with Gasteiger partial charge in [0, 0.05) is 24.8 Å². The number of halogens is 4. The summed E-state index contributed by atoms with van der Waals surface area (Å²) in [6.07, 6.45) is -3.63. The molecule has 1 aliphatic rings. The number of rotatable bonds is 1. The number of nitrogens with two attached hydrogens (primary N) is 1. The number of benzene rings is 1. The van der Waals surface area contributed by atoms with Crippen LogP contribution in [0.3, 0.4) is 0 Å². The van der Waals surface area contributed by atoms with Gasteiger partial charge in [-0.05, 0) is 24.6 Å². The van der Waals surface area contributed by atoms with Gasteiger partial charge in [-0.2, -0.15) is 13.2 Å². The maximum atomic E-state index is 12.7. The summed E-state index contributed by atoms with van der Waals surface area (Å²) in [7, 11) is 0. The van der Waals surface area contributed by atoms with Gasteiger partial charge in [0.1, 0.15) is 0 Å². The first kappa shape index (κ1) is 12.5. The number of nitrogens with zero attached hydrogens (tertiary/aromatic N) is 1. The highest BCUT2D eigenvalue weighted by Crippen LogP contribution is 2.37. The topological polar surface area (TPSA) is 29.3 Å². The molecule has 0 amide bonds. The summed E-state index contributed by atoms with van der Waals surface area (Å²) >= 11 is 5.55. The molecule has 0 spiro atoms. The molecule has 94 valence electrons. The van der Waals surface area contributed by atoms with Crippen LogP contribution < -0.4 is 10.6 Å². The fourth-order valence-corrected chi connectivity index (χ4v) is 2.17. The van der Waals surface area contributed by atoms with Crippen LogP contribution in [0.4, 0.5) is 18.9 Å². The molecule has 1 saturated heterocycles. The third-order valence-electron chi connectivity index (χ3n) is 2.85. The first-order valence-corrected chi connectivity index (χ1v) is 5.63. The van der Waals surface area contributed by atoms with Crippen molar-refractivity contribution in [3.05, 3.63) is 28.8 Å². The molecule has 0 saturated carbocycles. The lowest BCUT2D eigenvalue weighted by Crippen LogP contribution is -2.26. The molecule has 17 heavy (non-hydrogen) atoms. The van der Waals surface area contributed by atoms with Gasteiger partial charge in [0.25, 0.3) is 0 Å². The molecule has 1 unspecified atom stereocenters. The van der Waals surface area contributed by atoms with Crippen molar-refractivity contribution < 1.29 is 13.2 Å². The zero-order valence-corrected chi connectivity index (χ0v) is 9.72. The van der Waals surface area contributed by atoms with Crippen LogP contribution in [0, 0.1) is 0 Å². The largest absolute Gasteiger partial charge is 0.417 e. The monoisotopic (exact) mass is 264 g/mol. The molecule has 6 heteroatoms. The Morgan fingerprint density at radius 1 is 1.35 bits per heavy atom. The smallest absolute Gasteiger partial charge is 0.370 e. The highest BCUT2D eigenvalue weighted by Gasteiger charge is 2.34. The predicted molar refractivity (Wildman–Crippen MR) is 61.3 cm³/mol. The maximum Gasteiger partial charge on any atom is 0.417 e. The summed E-state index contributed by atoms with van der Waals surface area (Å²) in [5.74, 6) is 0. The van der Waals surface area contributed by atoms with Crippen LogP contribution in [0.5, 0.6) is 0 Å². The lowest BCUT2D eigenvalue weighted by Gasteiger charge is -2.20. The van der Waals surface area contributed by atoms with E-state index < -0.39 is 11.7 Å². The van der Waals surface area contributed by atoms with E-state index in [0.29, 0.717) is 18.8 Å². The molecule has 1 aromatic carbocycles. The van der Waals surface area contributed by atoms with Gasteiger partial charge >= 0.3 is 6.18 Å². The van der Waals surface area contributed by atoms with Crippen molar-refractivity contribution in [3.8, 4) is 0 Å². The Hall–Kier alpha value is -0.940. The molecule has 2 N–H and O–H groups in total. The molecular formula is C11H12ClF3N2. The van der Waals surface area contributed by atoms with E-state index in [-0.39, 0.29) is 11.1 Å². The fourth-order valence-electron chi connectivity index (χ4n) is 1.95. The van der Waals surface area contributed by atoms with Crippen LogP contribution in [0.15, 0.2) is 18.2 Å². The van der Waals surface area contributed by atoms with Crippen molar-refractivity contribution in [1.29, 1.82) is 0 Å². The molecular weight excluding hydrogens is 253 g/mol. The van der Waals surface area contributed by atoms with Crippen LogP contribution >= 0.6 is 11.6 Å². The van der Waals surface area contributed by atoms with E-state index >= 15 is 0 Å². The molecule has 1 aromatic rings. The van der Waals surface area contributed by atoms with Gasteiger partial charge in [0.05, 0.1) is 10.6 Å². The van der Waals surface area contributed by atoms with Crippen molar-refractivity contribution in [2.75, 3.05) is 18.0 Å². The summed E-state index contributed by atoms with van der Waals surface area (Å²) in [4.78, 5) is 1.84. The summed E-state index contributed by atoms with van der Waals surface area (Å²) in [5.41, 5.74) is 5.45. The first-order valence-electron chi connectivity index (χ1n) is 5.25. The second-order valence-corrected chi connectivity index (χ2v) is 4.56. The molecule has 1 aliphatic heterocycles. The van der Waals surface area contributed by atoms with Gasteiger partial charge in [-0.3, -0.25) is 0 Å². The second-order valence-electron chi connectivity index (χ2n) is 4.16. The van der Waals surface area contributed by atoms with Crippen molar-refractivity contribution in [2.45, 2.75) is 18.6 Å². The van der Waals surface area contributed by atoms with Crippen molar-refractivity contribution in [3.63, 3.8) is 0 Å². The van der Waals surface area contributed by atoms with Gasteiger partial charge in [-0.25, -0.2) is 0 Å². The van der Waals surface area contributed by atoms with E-state index in [4.69, 9.17) is 17.3 Å². The standard InChI is InChI=1S/C11H12ClF3N2/c12-10-2-1-8(5-9(10)11(13,14)15)17-4-3-7(16)6-17/h1-2,5,7H,3-4,6,16H2. The SMILES string of the molecule is NC1CCN(c2ccc(Cl)c(C(F)(F)F)c2)C1. The number of alkyl halides is 3. The number of hydrogen-bond acceptors (Lipinski definition) is 2. The molecule has 1 heterocycles. The second kappa shape index (κ2) is 4.38. The van der Waals surface area contributed by atoms with Crippen LogP contribution in [0.2, 0.25) is 5.02 Å². The maximum absolute atomic E-state index is 12.7. The fraction of sp³-hybridized carbons (Fsp3) is 0.455. The van der Waals surface area contributed by atoms with Crippen molar-refractivity contribution >= 4 is 17.3 Å². The third-order valence-corrected chi connectivity index (χ3v) is 3.17. The molecule has 0 aliphatic carbocycles. The summed E-state index contributed by atoms with van der Waals surface area (Å²) in [6.45, 7) is 1.26. The summed E-state index contributed by atoms with van der Waals surface area (Å²) < 4.78 is 38.0. The molecule has 0 bridgehead atoms. The van der Waals surface area contributed by atoms with E-state index in [1.165, 1.54) is 6.07 Å². The Kier molecular flexibility index (Phi) is 3.23. The van der Waals surface area contributed by atoms with Crippen LogP contribution in [0.1, 0.15) is 12.0 Å². The lowest BCUT2D eigenvalue weighted by molar-refractivity contribution is -0.137. The first-order chi connectivity index (χ1) is 7.88. The average Bonchev–Trinajstić information content (AvgIpc) is 2.64. The van der Waals surface area contributed by atoms with Crippen molar-refractivity contribution in [2.24, 2.45) is 5.73 Å². The Bertz CT molecular complexity index is 420. The minimum atomic E-state index is -4.42. The average molecular weight is 265 g/mol. The minimum Gasteiger partial charge on any atom is -0.370 e. The highest BCUT2D eigenvalue weighted by atomic mass is 35.5. The molecule has 2 rings (SSSR count). The van der Waals surface area contributed by atoms with Gasteiger partial charge in [-0.15, -0.1) is 0 Å². The van der Waals surface area contributed by atoms with Crippen LogP contribution in [-0.4, -0.2) is 19.1 Å². The quantitative estimate of drug-likeness (QED) is 0.845. The number of anilines is 1. The summed E-state index contributed by atoms with van der Waals surface area (Å²) in [6, 6.07) is 3.99. The molecule has 1 atom stereocenters. The Morgan fingerprint density at radius 3 is 2.59 bits per heavy atom. The zero-order valence-electron chi connectivity index (χ0n) is 8.97. The third kappa shape index (κ3) is 2.66. The normalized spacial score (nSPS) is 21.0. The highest BCUT2D eigenvalue weighted by molar-refractivity contribution is 6.31. The van der Waals surface area contributed by atoms with E-state index in [1.807, 2.05) is 4.90 Å². The van der Waals surface area contributed by atoms with E-state index in [2.05, 4.69) is 0 Å². The summed E-state index contributed by atoms with van der Waals surface area (Å²) in [5, 5.41) is -0.273. The van der Waals surface area contributed by atoms with E-state index in [9.17, 15) is 13.2 Å². The Balaban J connectivity index is 2.31. The van der Waals surface area contributed by atoms with Gasteiger partial charge < -0.3 is 10.6 Å². The van der Waals surface area contributed by atoms with E-state index in [0.717, 1.165) is 12.5 Å². The predicted octanol–water partition coefficient (Wildman–Crippen LogP) is 2.90. The number of hydrogen-bond donors (Lipinski definition) is 1.